The molecule has 4 aliphatic rings. The molecule has 0 aromatic carbocycles. The predicted molar refractivity (Wildman–Crippen MR) is 203 cm³/mol. The predicted octanol–water partition coefficient (Wildman–Crippen LogP) is 7.69. The number of fused-ring (bicyclic) bond motifs is 2. The number of hydrogen-bond donors (Lipinski definition) is 2. The molecule has 282 valence electrons. The molecule has 54 heavy (non-hydrogen) atoms. The highest BCUT2D eigenvalue weighted by Gasteiger charge is 2.33. The lowest BCUT2D eigenvalue weighted by atomic mass is 10.1. The van der Waals surface area contributed by atoms with Gasteiger partial charge in [-0.2, -0.15) is 0 Å². The third kappa shape index (κ3) is 7.29. The quantitative estimate of drug-likeness (QED) is 0.105. The summed E-state index contributed by atoms with van der Waals surface area (Å²) >= 11 is 0. The van der Waals surface area contributed by atoms with Crippen LogP contribution in [-0.2, 0) is 23.7 Å². The second-order valence-electron chi connectivity index (χ2n) is 13.0. The minimum absolute atomic E-state index is 0.0287. The highest BCUT2D eigenvalue weighted by molar-refractivity contribution is 6.16. The fourth-order valence-electron chi connectivity index (χ4n) is 6.29. The number of carbonyl (C=O) groups excluding carboxylic acids is 5. The van der Waals surface area contributed by atoms with E-state index in [-0.39, 0.29) is 60.1 Å². The van der Waals surface area contributed by atoms with Gasteiger partial charge in [-0.25, -0.2) is 28.5 Å². The van der Waals surface area contributed by atoms with E-state index >= 15 is 0 Å². The number of anilines is 2. The maximum absolute atomic E-state index is 14.0. The zero-order chi connectivity index (χ0) is 39.5. The van der Waals surface area contributed by atoms with Crippen molar-refractivity contribution in [2.75, 3.05) is 37.9 Å². The number of rotatable bonds is 10. The van der Waals surface area contributed by atoms with E-state index in [0.29, 0.717) is 44.8 Å². The van der Waals surface area contributed by atoms with Crippen molar-refractivity contribution in [1.29, 1.82) is 0 Å². The topological polar surface area (TPSA) is 188 Å². The lowest BCUT2D eigenvalue weighted by Gasteiger charge is -2.21. The molecular weight excluding hydrogens is 694 g/mol. The average molecular weight is 738 g/mol. The molecule has 0 fully saturated rings. The van der Waals surface area contributed by atoms with Crippen LogP contribution in [0, 0.1) is 0 Å². The van der Waals surface area contributed by atoms with Crippen molar-refractivity contribution >= 4 is 41.3 Å². The Hall–Kier alpha value is -6.37. The minimum Gasteiger partial charge on any atom is -0.462 e. The lowest BCUT2D eigenvalue weighted by molar-refractivity contribution is 0.0513. The molecule has 0 atom stereocenters. The molecule has 0 aliphatic heterocycles. The lowest BCUT2D eigenvalue weighted by Crippen LogP contribution is -2.27. The second kappa shape index (κ2) is 15.7. The van der Waals surface area contributed by atoms with Gasteiger partial charge in [-0.1, -0.05) is 48.5 Å². The number of ether oxygens (including phenoxy) is 5. The zero-order valence-electron chi connectivity index (χ0n) is 31.3. The molecule has 4 N–H and O–H groups in total. The van der Waals surface area contributed by atoms with Crippen molar-refractivity contribution in [3.63, 3.8) is 0 Å². The van der Waals surface area contributed by atoms with Crippen LogP contribution in [0.15, 0.2) is 60.7 Å². The van der Waals surface area contributed by atoms with Crippen molar-refractivity contribution < 1.29 is 47.7 Å². The molecule has 5 rings (SSSR count). The Morgan fingerprint density at radius 1 is 0.500 bits per heavy atom. The maximum Gasteiger partial charge on any atom is 0.419 e. The molecule has 0 amide bonds. The van der Waals surface area contributed by atoms with Crippen LogP contribution in [0.1, 0.15) is 89.9 Å². The number of hydrogen-bond acceptors (Lipinski definition) is 12. The van der Waals surface area contributed by atoms with Crippen molar-refractivity contribution in [3.05, 3.63) is 82.9 Å². The third-order valence-electron chi connectivity index (χ3n) is 8.42. The first kappa shape index (κ1) is 38.9. The summed E-state index contributed by atoms with van der Waals surface area (Å²) in [5.74, 6) is -2.79. The van der Waals surface area contributed by atoms with Gasteiger partial charge in [0.2, 0.25) is 0 Å². The van der Waals surface area contributed by atoms with Gasteiger partial charge in [0.05, 0.1) is 71.4 Å². The third-order valence-corrected chi connectivity index (χ3v) is 8.42. The number of carbonyl (C=O) groups is 5. The molecule has 0 saturated carbocycles. The zero-order valence-corrected chi connectivity index (χ0v) is 31.3. The van der Waals surface area contributed by atoms with E-state index in [9.17, 15) is 24.0 Å². The monoisotopic (exact) mass is 737 g/mol. The summed E-state index contributed by atoms with van der Waals surface area (Å²) in [6.07, 6.45) is -0.694. The summed E-state index contributed by atoms with van der Waals surface area (Å²) < 4.78 is 28.3. The van der Waals surface area contributed by atoms with Crippen molar-refractivity contribution in [2.24, 2.45) is 0 Å². The van der Waals surface area contributed by atoms with Crippen LogP contribution in [-0.4, -0.2) is 66.6 Å². The molecule has 0 bridgehead atoms. The number of nitrogen functional groups attached to an aromatic ring is 2. The van der Waals surface area contributed by atoms with Crippen LogP contribution in [0.25, 0.3) is 44.8 Å². The van der Waals surface area contributed by atoms with Crippen LogP contribution in [0.2, 0.25) is 0 Å². The Kier molecular flexibility index (Phi) is 11.3. The first-order valence-electron chi connectivity index (χ1n) is 17.5. The van der Waals surface area contributed by atoms with E-state index in [1.807, 2.05) is 0 Å². The first-order valence-corrected chi connectivity index (χ1v) is 17.5. The van der Waals surface area contributed by atoms with Gasteiger partial charge in [0.15, 0.2) is 0 Å². The van der Waals surface area contributed by atoms with Gasteiger partial charge in [0.1, 0.15) is 5.60 Å². The number of nitrogens with two attached hydrogens (primary N) is 2. The molecule has 1 aromatic heterocycles. The van der Waals surface area contributed by atoms with Crippen LogP contribution in [0.4, 0.5) is 16.2 Å². The molecule has 13 nitrogen and oxygen atoms in total. The van der Waals surface area contributed by atoms with Gasteiger partial charge in [0, 0.05) is 0 Å². The average Bonchev–Trinajstić information content (AvgIpc) is 3.62. The number of esters is 4. The summed E-state index contributed by atoms with van der Waals surface area (Å²) in [7, 11) is 0. The Morgan fingerprint density at radius 3 is 1.02 bits per heavy atom. The normalized spacial score (nSPS) is 11.3. The fourth-order valence-corrected chi connectivity index (χ4v) is 6.29. The summed E-state index contributed by atoms with van der Waals surface area (Å²) in [6, 6.07) is 16.8. The molecule has 0 radical (unpaired) electrons. The van der Waals surface area contributed by atoms with E-state index in [4.69, 9.17) is 35.2 Å². The van der Waals surface area contributed by atoms with Gasteiger partial charge in [0.25, 0.3) is 0 Å². The minimum atomic E-state index is -0.873. The standard InChI is InChI=1S/C41H43N3O10/c1-8-50-36(45)30-24-16-12-22(13-17-25(24)31(34(30)42)37(46)51-9-2)28-20-21-29(44(28)40(49)54-41(5,6)7)23-14-18-26-27(19-15-23)33(39(48)53-11-4)35(43)32(26)38(47)52-10-3/h12-21H,8-11,42-43H2,1-7H3. The van der Waals surface area contributed by atoms with Crippen molar-refractivity contribution in [3.8, 4) is 44.8 Å². The summed E-state index contributed by atoms with van der Waals surface area (Å²) in [6.45, 7) is 12.2. The molecule has 0 unspecified atom stereocenters. The second-order valence-corrected chi connectivity index (χ2v) is 13.0. The largest absolute Gasteiger partial charge is 0.462 e. The summed E-state index contributed by atoms with van der Waals surface area (Å²) in [5.41, 5.74) is 15.2. The SMILES string of the molecule is CCOC(=O)c1c2ccc(-c3ccc(-c4ccc5c(C(=O)OCC)c(N)c(C(=O)OCC)c-5cc4)n3C(=O)OC(C)(C)C)ccc-2c(C(=O)OCC)c1N. The molecule has 13 heteroatoms. The summed E-state index contributed by atoms with van der Waals surface area (Å²) in [4.78, 5) is 66.4. The van der Waals surface area contributed by atoms with E-state index in [2.05, 4.69) is 0 Å². The summed E-state index contributed by atoms with van der Waals surface area (Å²) in [5, 5.41) is 0. The molecule has 0 spiro atoms. The number of aromatic nitrogens is 1. The maximum atomic E-state index is 14.0. The molecule has 1 heterocycles. The van der Waals surface area contributed by atoms with E-state index in [0.717, 1.165) is 0 Å². The van der Waals surface area contributed by atoms with E-state index < -0.39 is 35.6 Å². The Balaban J connectivity index is 1.76. The van der Waals surface area contributed by atoms with Crippen LogP contribution in [0.5, 0.6) is 0 Å². The van der Waals surface area contributed by atoms with Gasteiger partial charge < -0.3 is 35.2 Å². The molecule has 1 aromatic rings. The molecular formula is C41H43N3O10. The fraction of sp³-hybridized carbons (Fsp3) is 0.293. The Bertz CT molecular complexity index is 1960. The Morgan fingerprint density at radius 2 is 0.778 bits per heavy atom. The van der Waals surface area contributed by atoms with Gasteiger partial charge in [-0.3, -0.25) is 0 Å². The smallest absolute Gasteiger partial charge is 0.419 e. The van der Waals surface area contributed by atoms with Crippen LogP contribution < -0.4 is 11.5 Å². The molecule has 0 saturated heterocycles. The van der Waals surface area contributed by atoms with Gasteiger partial charge >= 0.3 is 30.0 Å². The first-order chi connectivity index (χ1) is 25.7. The highest BCUT2D eigenvalue weighted by atomic mass is 16.6. The molecule has 4 aliphatic carbocycles. The number of nitrogens with zero attached hydrogens (tertiary/aromatic N) is 1. The Labute approximate surface area is 312 Å². The van der Waals surface area contributed by atoms with E-state index in [1.54, 1.807) is 109 Å². The van der Waals surface area contributed by atoms with Crippen LogP contribution in [0.3, 0.4) is 0 Å². The van der Waals surface area contributed by atoms with Gasteiger partial charge in [-0.15, -0.1) is 0 Å². The van der Waals surface area contributed by atoms with Crippen molar-refractivity contribution in [1.82, 2.24) is 4.57 Å². The van der Waals surface area contributed by atoms with Crippen molar-refractivity contribution in [2.45, 2.75) is 54.1 Å². The van der Waals surface area contributed by atoms with Gasteiger partial charge in [-0.05, 0) is 94.0 Å². The van der Waals surface area contributed by atoms with E-state index in [1.165, 1.54) is 4.57 Å². The highest BCUT2D eigenvalue weighted by Crippen LogP contribution is 2.43. The van der Waals surface area contributed by atoms with Crippen LogP contribution >= 0.6 is 0 Å².